The van der Waals surface area contributed by atoms with Crippen molar-refractivity contribution < 1.29 is 4.79 Å². The number of hydrogen-bond acceptors (Lipinski definition) is 1. The fourth-order valence-corrected chi connectivity index (χ4v) is 4.09. The molecule has 1 saturated carbocycles. The molecule has 2 fully saturated rings. The van der Waals surface area contributed by atoms with E-state index in [1.165, 1.54) is 31.2 Å². The minimum Gasteiger partial charge on any atom is -0.349 e. The Hall–Kier alpha value is -1.31. The first kappa shape index (κ1) is 13.7. The van der Waals surface area contributed by atoms with Gasteiger partial charge in [-0.25, -0.2) is 0 Å². The molecule has 0 bridgehead atoms. The molecular weight excluding hydrogens is 246 g/mol. The predicted molar refractivity (Wildman–Crippen MR) is 81.2 cm³/mol. The summed E-state index contributed by atoms with van der Waals surface area (Å²) >= 11 is 0. The quantitative estimate of drug-likeness (QED) is 0.814. The lowest BCUT2D eigenvalue weighted by molar-refractivity contribution is -0.119. The first-order valence-corrected chi connectivity index (χ1v) is 7.85. The van der Waals surface area contributed by atoms with Crippen molar-refractivity contribution in [1.82, 2.24) is 5.32 Å². The molecule has 1 saturated heterocycles. The Bertz CT molecular complexity index is 493. The highest BCUT2D eigenvalue weighted by molar-refractivity contribution is 5.80. The first-order chi connectivity index (χ1) is 9.51. The molecule has 0 radical (unpaired) electrons. The van der Waals surface area contributed by atoms with Gasteiger partial charge in [-0.2, -0.15) is 0 Å². The number of amides is 1. The molecule has 2 aliphatic rings. The summed E-state index contributed by atoms with van der Waals surface area (Å²) in [4.78, 5) is 12.1. The normalized spacial score (nSPS) is 32.9. The van der Waals surface area contributed by atoms with Crippen LogP contribution in [0.15, 0.2) is 30.3 Å². The fraction of sp³-hybridized carbons (Fsp3) is 0.611. The molecular formula is C18H25NO. The zero-order valence-corrected chi connectivity index (χ0v) is 12.6. The van der Waals surface area contributed by atoms with E-state index in [-0.39, 0.29) is 17.4 Å². The topological polar surface area (TPSA) is 29.1 Å². The molecule has 1 spiro atoms. The van der Waals surface area contributed by atoms with Crippen LogP contribution in [-0.2, 0) is 4.79 Å². The Labute approximate surface area is 122 Å². The van der Waals surface area contributed by atoms with E-state index in [2.05, 4.69) is 43.4 Å². The van der Waals surface area contributed by atoms with Crippen LogP contribution in [0.25, 0.3) is 0 Å². The zero-order valence-electron chi connectivity index (χ0n) is 12.6. The minimum atomic E-state index is 0.145. The van der Waals surface area contributed by atoms with E-state index in [0.29, 0.717) is 11.8 Å². The van der Waals surface area contributed by atoms with Crippen molar-refractivity contribution in [2.45, 2.75) is 58.4 Å². The molecule has 1 amide bonds. The summed E-state index contributed by atoms with van der Waals surface area (Å²) in [5.41, 5.74) is 1.85. The second-order valence-electron chi connectivity index (χ2n) is 7.47. The van der Waals surface area contributed by atoms with E-state index in [9.17, 15) is 4.79 Å². The molecule has 2 heteroatoms. The van der Waals surface area contributed by atoms with Crippen LogP contribution in [0.3, 0.4) is 0 Å². The number of rotatable bonds is 1. The van der Waals surface area contributed by atoms with Gasteiger partial charge in [0.25, 0.3) is 0 Å². The van der Waals surface area contributed by atoms with E-state index in [4.69, 9.17) is 0 Å². The lowest BCUT2D eigenvalue weighted by atomic mass is 9.71. The molecule has 2 unspecified atom stereocenters. The zero-order chi connectivity index (χ0) is 14.2. The van der Waals surface area contributed by atoms with Gasteiger partial charge in [-0.05, 0) is 36.7 Å². The maximum atomic E-state index is 12.1. The highest BCUT2D eigenvalue weighted by Gasteiger charge is 2.48. The van der Waals surface area contributed by atoms with Gasteiger partial charge in [-0.3, -0.25) is 4.79 Å². The van der Waals surface area contributed by atoms with Crippen molar-refractivity contribution >= 4 is 5.91 Å². The van der Waals surface area contributed by atoms with Crippen LogP contribution in [0.5, 0.6) is 0 Å². The number of carbonyl (C=O) groups excluding carboxylic acids is 1. The molecule has 108 valence electrons. The van der Waals surface area contributed by atoms with Crippen LogP contribution in [0.1, 0.15) is 64.0 Å². The van der Waals surface area contributed by atoms with Gasteiger partial charge in [0.1, 0.15) is 0 Å². The summed E-state index contributed by atoms with van der Waals surface area (Å²) in [6.45, 7) is 4.74. The second-order valence-corrected chi connectivity index (χ2v) is 7.47. The molecule has 0 aromatic heterocycles. The van der Waals surface area contributed by atoms with E-state index in [1.54, 1.807) is 0 Å². The van der Waals surface area contributed by atoms with Crippen LogP contribution >= 0.6 is 0 Å². The summed E-state index contributed by atoms with van der Waals surface area (Å²) in [7, 11) is 0. The van der Waals surface area contributed by atoms with E-state index in [0.717, 1.165) is 6.42 Å². The van der Waals surface area contributed by atoms with Gasteiger partial charge >= 0.3 is 0 Å². The average molecular weight is 271 g/mol. The largest absolute Gasteiger partial charge is 0.349 e. The summed E-state index contributed by atoms with van der Waals surface area (Å²) < 4.78 is 0. The monoisotopic (exact) mass is 271 g/mol. The van der Waals surface area contributed by atoms with Crippen molar-refractivity contribution in [1.29, 1.82) is 0 Å². The van der Waals surface area contributed by atoms with Crippen LogP contribution in [0.4, 0.5) is 0 Å². The molecule has 2 nitrogen and oxygen atoms in total. The SMILES string of the molecule is CC1(C)CCCC2(CC1)CC(=O)NC2c1ccccc1. The maximum Gasteiger partial charge on any atom is 0.221 e. The van der Waals surface area contributed by atoms with Crippen molar-refractivity contribution in [3.05, 3.63) is 35.9 Å². The van der Waals surface area contributed by atoms with Crippen molar-refractivity contribution in [2.24, 2.45) is 10.8 Å². The van der Waals surface area contributed by atoms with Gasteiger partial charge < -0.3 is 5.32 Å². The Morgan fingerprint density at radius 3 is 2.55 bits per heavy atom. The van der Waals surface area contributed by atoms with E-state index < -0.39 is 0 Å². The maximum absolute atomic E-state index is 12.1. The number of carbonyl (C=O) groups is 1. The molecule has 2 atom stereocenters. The summed E-state index contributed by atoms with van der Waals surface area (Å²) in [5.74, 6) is 0.235. The van der Waals surface area contributed by atoms with Crippen molar-refractivity contribution in [3.63, 3.8) is 0 Å². The number of nitrogens with one attached hydrogen (secondary N) is 1. The van der Waals surface area contributed by atoms with Crippen LogP contribution in [-0.4, -0.2) is 5.91 Å². The Balaban J connectivity index is 1.91. The third-order valence-electron chi connectivity index (χ3n) is 5.39. The van der Waals surface area contributed by atoms with Crippen molar-refractivity contribution in [3.8, 4) is 0 Å². The van der Waals surface area contributed by atoms with Gasteiger partial charge in [-0.15, -0.1) is 0 Å². The molecule has 3 rings (SSSR count). The highest BCUT2D eigenvalue weighted by atomic mass is 16.2. The summed E-state index contributed by atoms with van der Waals surface area (Å²) in [6, 6.07) is 10.7. The van der Waals surface area contributed by atoms with Crippen LogP contribution in [0, 0.1) is 10.8 Å². The third kappa shape index (κ3) is 2.48. The molecule has 1 aromatic carbocycles. The molecule has 1 N–H and O–H groups in total. The molecule has 1 aliphatic heterocycles. The predicted octanol–water partition coefficient (Wildman–Crippen LogP) is 4.22. The summed E-state index contributed by atoms with van der Waals surface area (Å²) in [6.07, 6.45) is 6.80. The Kier molecular flexibility index (Phi) is 3.35. The Morgan fingerprint density at radius 2 is 1.80 bits per heavy atom. The average Bonchev–Trinajstić information content (AvgIpc) is 2.66. The Morgan fingerprint density at radius 1 is 1.05 bits per heavy atom. The third-order valence-corrected chi connectivity index (χ3v) is 5.39. The smallest absolute Gasteiger partial charge is 0.221 e. The first-order valence-electron chi connectivity index (χ1n) is 7.85. The highest BCUT2D eigenvalue weighted by Crippen LogP contribution is 2.53. The second kappa shape index (κ2) is 4.91. The van der Waals surface area contributed by atoms with E-state index in [1.807, 2.05) is 6.07 Å². The molecule has 20 heavy (non-hydrogen) atoms. The van der Waals surface area contributed by atoms with E-state index >= 15 is 0 Å². The summed E-state index contributed by atoms with van der Waals surface area (Å²) in [5, 5.41) is 3.25. The van der Waals surface area contributed by atoms with Gasteiger partial charge in [0.05, 0.1) is 6.04 Å². The van der Waals surface area contributed by atoms with Crippen LogP contribution in [0.2, 0.25) is 0 Å². The number of hydrogen-bond donors (Lipinski definition) is 1. The molecule has 1 aliphatic carbocycles. The lowest BCUT2D eigenvalue weighted by Gasteiger charge is -2.34. The van der Waals surface area contributed by atoms with Crippen LogP contribution < -0.4 is 5.32 Å². The standard InChI is InChI=1S/C18H25NO/c1-17(2)9-6-10-18(12-11-17)13-15(20)19-16(18)14-7-4-3-5-8-14/h3-5,7-8,16H,6,9-13H2,1-2H3,(H,19,20). The van der Waals surface area contributed by atoms with Gasteiger partial charge in [0.2, 0.25) is 5.91 Å². The lowest BCUT2D eigenvalue weighted by Crippen LogP contribution is -2.29. The van der Waals surface area contributed by atoms with Gasteiger partial charge in [0.15, 0.2) is 0 Å². The van der Waals surface area contributed by atoms with Gasteiger partial charge in [-0.1, -0.05) is 50.6 Å². The van der Waals surface area contributed by atoms with Crippen molar-refractivity contribution in [2.75, 3.05) is 0 Å². The number of benzene rings is 1. The minimum absolute atomic E-state index is 0.145. The fourth-order valence-electron chi connectivity index (χ4n) is 4.09. The molecule has 1 aromatic rings. The van der Waals surface area contributed by atoms with Gasteiger partial charge in [0, 0.05) is 11.8 Å². The molecule has 1 heterocycles.